The molecule has 446 valence electrons. The van der Waals surface area contributed by atoms with E-state index in [2.05, 4.69) is 42.8 Å². The van der Waals surface area contributed by atoms with Gasteiger partial charge in [-0.05, 0) is 183 Å². The molecule has 4 aromatic carbocycles. The number of imidazole rings is 1. The molecule has 1 saturated carbocycles. The first-order chi connectivity index (χ1) is 41.4. The maximum atomic E-state index is 16.0. The molecule has 1 atom stereocenters. The van der Waals surface area contributed by atoms with E-state index >= 15 is 9.18 Å². The van der Waals surface area contributed by atoms with Crippen LogP contribution in [0.4, 0.5) is 27.3 Å². The molecular weight excluding hydrogens is 1090 g/mol. The Balaban J connectivity index is 0.709. The number of anilines is 4. The van der Waals surface area contributed by atoms with Gasteiger partial charge in [0.15, 0.2) is 5.82 Å². The van der Waals surface area contributed by atoms with Crippen LogP contribution < -0.4 is 25.8 Å². The van der Waals surface area contributed by atoms with Crippen molar-refractivity contribution in [2.75, 3.05) is 54.4 Å². The highest BCUT2D eigenvalue weighted by Crippen LogP contribution is 2.52. The average Bonchev–Trinajstić information content (AvgIpc) is 1.60. The number of likely N-dealkylation sites (tertiary alicyclic amines) is 2. The standard InChI is InChI=1S/C67H74FN11O7/c1-38(2)70-61(81)48-35-52(50(68)30-40(48)5)72-60-59-53(69-37-77(59)39(3)4)36-51(71-60)44-16-17-49-56(32-44)78(46-33-45(34-46)74-24-7-6-8-25-74)66(86)67(49)22-28-76(29-23-67)63(83)43-14-12-41(13-15-43)31-42-20-26-75(27-21-42)54-11-9-10-47-58(54)65(85)79(64(47)84)55-18-19-57(80)73-62(55)82/h9-17,30,32,35-39,42,45-46,55H,6-8,18-29,31,33-34H2,1-5H3,(H,70,81)(H,71,72)(H,73,80,82)/t45-,46+,55?. The van der Waals surface area contributed by atoms with E-state index in [4.69, 9.17) is 9.97 Å². The predicted molar refractivity (Wildman–Crippen MR) is 325 cm³/mol. The molecule has 19 heteroatoms. The maximum Gasteiger partial charge on any atom is 0.264 e. The quantitative estimate of drug-likeness (QED) is 0.0927. The number of carbonyl (C=O) groups excluding carboxylic acids is 7. The van der Waals surface area contributed by atoms with E-state index in [9.17, 15) is 28.8 Å². The normalized spacial score (nSPS) is 21.6. The summed E-state index contributed by atoms with van der Waals surface area (Å²) in [4.78, 5) is 115. The number of amides is 7. The molecule has 7 aliphatic rings. The molecule has 5 fully saturated rings. The van der Waals surface area contributed by atoms with Gasteiger partial charge in [0, 0.05) is 79.1 Å². The summed E-state index contributed by atoms with van der Waals surface area (Å²) in [7, 11) is 0. The van der Waals surface area contributed by atoms with Gasteiger partial charge in [-0.3, -0.25) is 43.8 Å². The Morgan fingerprint density at radius 3 is 2.24 bits per heavy atom. The highest BCUT2D eigenvalue weighted by Gasteiger charge is 2.56. The number of hydrogen-bond donors (Lipinski definition) is 3. The molecule has 18 nitrogen and oxygen atoms in total. The molecule has 1 aliphatic carbocycles. The first-order valence-corrected chi connectivity index (χ1v) is 30.9. The molecule has 1 spiro atoms. The van der Waals surface area contributed by atoms with Crippen molar-refractivity contribution in [3.8, 4) is 11.3 Å². The monoisotopic (exact) mass is 1160 g/mol. The molecule has 1 unspecified atom stereocenters. The highest BCUT2D eigenvalue weighted by molar-refractivity contribution is 6.25. The van der Waals surface area contributed by atoms with Crippen LogP contribution in [-0.2, 0) is 26.2 Å². The fraction of sp³-hybridized carbons (Fsp3) is 0.448. The molecule has 86 heavy (non-hydrogen) atoms. The summed E-state index contributed by atoms with van der Waals surface area (Å²) >= 11 is 0. The number of nitrogens with one attached hydrogen (secondary N) is 3. The van der Waals surface area contributed by atoms with Crippen LogP contribution in [0.1, 0.15) is 162 Å². The van der Waals surface area contributed by atoms with Crippen molar-refractivity contribution in [2.45, 2.75) is 147 Å². The van der Waals surface area contributed by atoms with Crippen LogP contribution in [0, 0.1) is 18.7 Å². The number of benzene rings is 4. The maximum absolute atomic E-state index is 16.0. The number of hydrogen-bond acceptors (Lipinski definition) is 12. The number of piperidine rings is 4. The third-order valence-electron chi connectivity index (χ3n) is 19.4. The Kier molecular flexibility index (Phi) is 14.9. The summed E-state index contributed by atoms with van der Waals surface area (Å²) in [5, 5.41) is 8.47. The Labute approximate surface area is 499 Å². The number of nitrogens with zero attached hydrogens (tertiary/aromatic N) is 8. The SMILES string of the molecule is Cc1cc(F)c(Nc2nc(-c3ccc4c(c3)N([C@H]3C[C@@H](N5CCCCC5)C3)C(=O)C43CCN(C(=O)c4ccc(CC5CCN(c6cccc7c6C(=O)N(C6CCC(=O)NC6=O)C7=O)CC5)cc4)CC3)cc3ncn(C(C)C)c23)cc1C(=O)NC(C)C. The lowest BCUT2D eigenvalue weighted by Gasteiger charge is -2.48. The molecule has 7 amide bonds. The lowest BCUT2D eigenvalue weighted by molar-refractivity contribution is -0.136. The minimum atomic E-state index is -1.02. The number of imide groups is 2. The second-order valence-electron chi connectivity index (χ2n) is 25.5. The lowest BCUT2D eigenvalue weighted by Crippen LogP contribution is -2.58. The van der Waals surface area contributed by atoms with Crippen LogP contribution in [-0.4, -0.2) is 134 Å². The minimum Gasteiger partial charge on any atom is -0.371 e. The second-order valence-corrected chi connectivity index (χ2v) is 25.5. The number of aromatic nitrogens is 3. The minimum absolute atomic E-state index is 0.00625. The second kappa shape index (κ2) is 22.5. The van der Waals surface area contributed by atoms with Gasteiger partial charge in [-0.2, -0.15) is 0 Å². The van der Waals surface area contributed by atoms with E-state index in [-0.39, 0.29) is 59.9 Å². The third-order valence-corrected chi connectivity index (χ3v) is 19.4. The topological polar surface area (TPSA) is 202 Å². The van der Waals surface area contributed by atoms with Gasteiger partial charge in [-0.1, -0.05) is 36.8 Å². The molecule has 3 N–H and O–H groups in total. The molecule has 13 rings (SSSR count). The summed E-state index contributed by atoms with van der Waals surface area (Å²) in [6.07, 6.45) is 10.9. The predicted octanol–water partition coefficient (Wildman–Crippen LogP) is 9.41. The summed E-state index contributed by atoms with van der Waals surface area (Å²) in [5.41, 5.74) is 7.73. The van der Waals surface area contributed by atoms with E-state index in [1.807, 2.05) is 79.6 Å². The van der Waals surface area contributed by atoms with Crippen molar-refractivity contribution in [3.63, 3.8) is 0 Å². The van der Waals surface area contributed by atoms with Crippen LogP contribution in [0.5, 0.6) is 0 Å². The fourth-order valence-corrected chi connectivity index (χ4v) is 14.6. The summed E-state index contributed by atoms with van der Waals surface area (Å²) in [6.45, 7) is 13.9. The van der Waals surface area contributed by atoms with Gasteiger partial charge in [0.05, 0.1) is 45.5 Å². The molecular formula is C67H74FN11O7. The van der Waals surface area contributed by atoms with Gasteiger partial charge in [-0.15, -0.1) is 0 Å². The highest BCUT2D eigenvalue weighted by atomic mass is 19.1. The smallest absolute Gasteiger partial charge is 0.264 e. The molecule has 8 heterocycles. The number of pyridine rings is 1. The summed E-state index contributed by atoms with van der Waals surface area (Å²) < 4.78 is 18.0. The number of halogens is 1. The van der Waals surface area contributed by atoms with Gasteiger partial charge in [0.25, 0.3) is 23.6 Å². The van der Waals surface area contributed by atoms with E-state index in [0.717, 1.165) is 72.5 Å². The van der Waals surface area contributed by atoms with E-state index in [1.165, 1.54) is 31.4 Å². The molecule has 6 aliphatic heterocycles. The number of fused-ring (bicyclic) bond motifs is 4. The van der Waals surface area contributed by atoms with E-state index in [1.54, 1.807) is 25.4 Å². The molecule has 6 aromatic rings. The molecule has 2 aromatic heterocycles. The molecule has 4 saturated heterocycles. The van der Waals surface area contributed by atoms with Crippen LogP contribution in [0.15, 0.2) is 85.2 Å². The Morgan fingerprint density at radius 2 is 1.53 bits per heavy atom. The van der Waals surface area contributed by atoms with Crippen molar-refractivity contribution >= 4 is 75.3 Å². The largest absolute Gasteiger partial charge is 0.371 e. The first-order valence-electron chi connectivity index (χ1n) is 30.9. The number of aryl methyl sites for hydroxylation is 1. The average molecular weight is 1160 g/mol. The number of carbonyl (C=O) groups is 7. The van der Waals surface area contributed by atoms with Crippen LogP contribution >= 0.6 is 0 Å². The zero-order chi connectivity index (χ0) is 59.9. The van der Waals surface area contributed by atoms with Gasteiger partial charge < -0.3 is 34.8 Å². The van der Waals surface area contributed by atoms with Crippen molar-refractivity contribution in [1.82, 2.24) is 39.9 Å². The number of rotatable bonds is 13. The molecule has 0 bridgehead atoms. The summed E-state index contributed by atoms with van der Waals surface area (Å²) in [5.74, 6) is -2.11. The van der Waals surface area contributed by atoms with Crippen LogP contribution in [0.2, 0.25) is 0 Å². The van der Waals surface area contributed by atoms with Gasteiger partial charge in [0.1, 0.15) is 17.4 Å². The van der Waals surface area contributed by atoms with Gasteiger partial charge in [0.2, 0.25) is 17.7 Å². The van der Waals surface area contributed by atoms with Crippen molar-refractivity contribution in [2.24, 2.45) is 5.92 Å². The molecule has 0 radical (unpaired) electrons. The fourth-order valence-electron chi connectivity index (χ4n) is 14.6. The van der Waals surface area contributed by atoms with Crippen molar-refractivity contribution in [1.29, 1.82) is 0 Å². The van der Waals surface area contributed by atoms with Crippen LogP contribution in [0.3, 0.4) is 0 Å². The Hall–Kier alpha value is -8.32. The van der Waals surface area contributed by atoms with Crippen molar-refractivity contribution < 1.29 is 38.0 Å². The van der Waals surface area contributed by atoms with E-state index in [0.29, 0.717) is 101 Å². The first kappa shape index (κ1) is 56.8. The van der Waals surface area contributed by atoms with Crippen LogP contribution in [0.25, 0.3) is 22.3 Å². The Bertz CT molecular complexity index is 3760. The zero-order valence-corrected chi connectivity index (χ0v) is 49.6. The van der Waals surface area contributed by atoms with Gasteiger partial charge >= 0.3 is 0 Å². The summed E-state index contributed by atoms with van der Waals surface area (Å²) in [6, 6.07) is 23.5. The Morgan fingerprint density at radius 1 is 0.791 bits per heavy atom. The van der Waals surface area contributed by atoms with Gasteiger partial charge in [-0.25, -0.2) is 14.4 Å². The lowest BCUT2D eigenvalue weighted by atomic mass is 9.73. The zero-order valence-electron chi connectivity index (χ0n) is 49.6. The third kappa shape index (κ3) is 10.1. The van der Waals surface area contributed by atoms with E-state index < -0.39 is 40.9 Å². The van der Waals surface area contributed by atoms with Crippen molar-refractivity contribution in [3.05, 3.63) is 130 Å².